The van der Waals surface area contributed by atoms with Crippen molar-refractivity contribution in [2.75, 3.05) is 6.54 Å². The van der Waals surface area contributed by atoms with Gasteiger partial charge >= 0.3 is 5.97 Å². The van der Waals surface area contributed by atoms with Gasteiger partial charge in [0.25, 0.3) is 0 Å². The Morgan fingerprint density at radius 3 is 1.85 bits per heavy atom. The van der Waals surface area contributed by atoms with E-state index in [0.29, 0.717) is 6.54 Å². The van der Waals surface area contributed by atoms with Crippen molar-refractivity contribution in [3.63, 3.8) is 0 Å². The van der Waals surface area contributed by atoms with E-state index in [9.17, 15) is 26.7 Å². The first-order chi connectivity index (χ1) is 16.3. The van der Waals surface area contributed by atoms with Gasteiger partial charge in [0.15, 0.2) is 23.3 Å². The number of oxime groups is 1. The van der Waals surface area contributed by atoms with Gasteiger partial charge in [-0.1, -0.05) is 71.9 Å². The summed E-state index contributed by atoms with van der Waals surface area (Å²) in [5.74, 6) is -13.1. The zero-order valence-electron chi connectivity index (χ0n) is 17.8. The average Bonchev–Trinajstić information content (AvgIpc) is 2.85. The summed E-state index contributed by atoms with van der Waals surface area (Å²) in [6.45, 7) is 4.29. The highest BCUT2D eigenvalue weighted by Crippen LogP contribution is 2.24. The van der Waals surface area contributed by atoms with Crippen LogP contribution in [0.25, 0.3) is 0 Å². The molecule has 0 amide bonds. The zero-order valence-corrected chi connectivity index (χ0v) is 17.8. The van der Waals surface area contributed by atoms with Crippen molar-refractivity contribution in [1.29, 1.82) is 0 Å². The van der Waals surface area contributed by atoms with Crippen LogP contribution in [0.2, 0.25) is 0 Å². The molecular weight excluding hydrogens is 455 g/mol. The van der Waals surface area contributed by atoms with Gasteiger partial charge in [-0.05, 0) is 11.1 Å². The molecular formula is C25H19F5N2O2. The lowest BCUT2D eigenvalue weighted by Gasteiger charge is -2.24. The van der Waals surface area contributed by atoms with E-state index in [-0.39, 0.29) is 18.8 Å². The molecule has 176 valence electrons. The van der Waals surface area contributed by atoms with Crippen LogP contribution in [0.15, 0.2) is 78.5 Å². The van der Waals surface area contributed by atoms with Crippen molar-refractivity contribution in [3.8, 4) is 0 Å². The molecule has 3 rings (SSSR count). The molecule has 0 spiro atoms. The van der Waals surface area contributed by atoms with E-state index in [0.717, 1.165) is 11.1 Å². The lowest BCUT2D eigenvalue weighted by Crippen LogP contribution is -2.33. The molecule has 0 atom stereocenters. The summed E-state index contributed by atoms with van der Waals surface area (Å²) in [7, 11) is 0. The van der Waals surface area contributed by atoms with E-state index in [1.54, 1.807) is 41.3 Å². The molecule has 0 saturated carbocycles. The Kier molecular flexibility index (Phi) is 8.13. The van der Waals surface area contributed by atoms with Gasteiger partial charge in [0.1, 0.15) is 11.4 Å². The first-order valence-corrected chi connectivity index (χ1v) is 10.1. The molecule has 3 aromatic carbocycles. The number of halogens is 5. The average molecular weight is 474 g/mol. The Labute approximate surface area is 192 Å². The fourth-order valence-electron chi connectivity index (χ4n) is 3.12. The molecule has 0 heterocycles. The predicted octanol–water partition coefficient (Wildman–Crippen LogP) is 5.78. The van der Waals surface area contributed by atoms with Crippen LogP contribution in [0.1, 0.15) is 21.5 Å². The minimum atomic E-state index is -2.38. The van der Waals surface area contributed by atoms with Crippen LogP contribution in [0, 0.1) is 29.1 Å². The van der Waals surface area contributed by atoms with Gasteiger partial charge in [0.05, 0.1) is 0 Å². The minimum Gasteiger partial charge on any atom is -0.349 e. The second-order valence-electron chi connectivity index (χ2n) is 7.15. The van der Waals surface area contributed by atoms with E-state index in [1.165, 1.54) is 0 Å². The van der Waals surface area contributed by atoms with Crippen LogP contribution in [0.4, 0.5) is 22.0 Å². The van der Waals surface area contributed by atoms with Gasteiger partial charge in [-0.15, -0.1) is 6.58 Å². The van der Waals surface area contributed by atoms with Gasteiger partial charge in [-0.25, -0.2) is 26.7 Å². The SMILES string of the molecule is C=CCN(Cc1ccccc1)/C(Cc1ccccc1)=N\OC(=O)c1c(F)c(F)c(F)c(F)c1F. The molecule has 0 aromatic heterocycles. The minimum absolute atomic E-state index is 0.145. The monoisotopic (exact) mass is 474 g/mol. The Balaban J connectivity index is 1.96. The Morgan fingerprint density at radius 1 is 0.824 bits per heavy atom. The van der Waals surface area contributed by atoms with Gasteiger partial charge in [0.2, 0.25) is 5.82 Å². The van der Waals surface area contributed by atoms with Crippen LogP contribution in [-0.4, -0.2) is 23.2 Å². The number of carbonyl (C=O) groups excluding carboxylic acids is 1. The summed E-state index contributed by atoms with van der Waals surface area (Å²) in [6, 6.07) is 18.2. The molecule has 3 aromatic rings. The lowest BCUT2D eigenvalue weighted by atomic mass is 10.1. The smallest absolute Gasteiger partial charge is 0.349 e. The highest BCUT2D eigenvalue weighted by Gasteiger charge is 2.31. The van der Waals surface area contributed by atoms with Crippen molar-refractivity contribution in [2.45, 2.75) is 13.0 Å². The van der Waals surface area contributed by atoms with E-state index in [1.807, 2.05) is 30.3 Å². The summed E-state index contributed by atoms with van der Waals surface area (Å²) in [6.07, 6.45) is 1.72. The third-order valence-electron chi connectivity index (χ3n) is 4.78. The molecule has 9 heteroatoms. The normalized spacial score (nSPS) is 11.3. The molecule has 0 aliphatic rings. The fourth-order valence-corrected chi connectivity index (χ4v) is 3.12. The summed E-state index contributed by atoms with van der Waals surface area (Å²) in [5.41, 5.74) is -0.0654. The van der Waals surface area contributed by atoms with E-state index >= 15 is 0 Å². The molecule has 0 unspecified atom stereocenters. The number of amidine groups is 1. The van der Waals surface area contributed by atoms with Crippen molar-refractivity contribution in [3.05, 3.63) is 119 Å². The van der Waals surface area contributed by atoms with Gasteiger partial charge < -0.3 is 9.74 Å². The summed E-state index contributed by atoms with van der Waals surface area (Å²) in [4.78, 5) is 18.7. The Hall–Kier alpha value is -4.01. The molecule has 0 saturated heterocycles. The van der Waals surface area contributed by atoms with Crippen molar-refractivity contribution < 1.29 is 31.6 Å². The molecule has 4 nitrogen and oxygen atoms in total. The quantitative estimate of drug-likeness (QED) is 0.0607. The number of hydrogen-bond donors (Lipinski definition) is 0. The van der Waals surface area contributed by atoms with Gasteiger partial charge in [-0.2, -0.15) is 0 Å². The Morgan fingerprint density at radius 2 is 1.32 bits per heavy atom. The van der Waals surface area contributed by atoms with E-state index in [2.05, 4.69) is 16.6 Å². The molecule has 0 aliphatic carbocycles. The maximum Gasteiger partial charge on any atom is 0.371 e. The first kappa shape index (κ1) is 24.6. The summed E-state index contributed by atoms with van der Waals surface area (Å²) in [5, 5.41) is 3.75. The number of benzene rings is 3. The number of nitrogens with zero attached hydrogens (tertiary/aromatic N) is 2. The first-order valence-electron chi connectivity index (χ1n) is 10.1. The van der Waals surface area contributed by atoms with Crippen molar-refractivity contribution in [2.24, 2.45) is 5.16 Å². The predicted molar refractivity (Wildman–Crippen MR) is 116 cm³/mol. The fraction of sp³-hybridized carbons (Fsp3) is 0.120. The number of rotatable bonds is 8. The van der Waals surface area contributed by atoms with Gasteiger partial charge in [-0.3, -0.25) is 0 Å². The molecule has 0 radical (unpaired) electrons. The maximum atomic E-state index is 14.0. The van der Waals surface area contributed by atoms with Gasteiger partial charge in [0, 0.05) is 19.5 Å². The summed E-state index contributed by atoms with van der Waals surface area (Å²) < 4.78 is 68.3. The van der Waals surface area contributed by atoms with E-state index in [4.69, 9.17) is 0 Å². The topological polar surface area (TPSA) is 41.9 Å². The number of hydrogen-bond acceptors (Lipinski definition) is 3. The van der Waals surface area contributed by atoms with Crippen molar-refractivity contribution >= 4 is 11.8 Å². The molecule has 0 aliphatic heterocycles. The van der Waals surface area contributed by atoms with E-state index < -0.39 is 40.6 Å². The van der Waals surface area contributed by atoms with Crippen LogP contribution < -0.4 is 0 Å². The highest BCUT2D eigenvalue weighted by molar-refractivity contribution is 5.91. The molecule has 0 N–H and O–H groups in total. The molecule has 0 bridgehead atoms. The summed E-state index contributed by atoms with van der Waals surface area (Å²) >= 11 is 0. The highest BCUT2D eigenvalue weighted by atomic mass is 19.2. The van der Waals surface area contributed by atoms with Crippen LogP contribution in [-0.2, 0) is 17.8 Å². The lowest BCUT2D eigenvalue weighted by molar-refractivity contribution is 0.0493. The second kappa shape index (κ2) is 11.2. The Bertz CT molecular complexity index is 1170. The van der Waals surface area contributed by atoms with Crippen LogP contribution in [0.3, 0.4) is 0 Å². The third kappa shape index (κ3) is 5.67. The van der Waals surface area contributed by atoms with Crippen LogP contribution >= 0.6 is 0 Å². The zero-order chi connectivity index (χ0) is 24.7. The third-order valence-corrected chi connectivity index (χ3v) is 4.78. The second-order valence-corrected chi connectivity index (χ2v) is 7.15. The molecule has 0 fully saturated rings. The number of carbonyl (C=O) groups is 1. The maximum absolute atomic E-state index is 14.0. The van der Waals surface area contributed by atoms with Crippen LogP contribution in [0.5, 0.6) is 0 Å². The van der Waals surface area contributed by atoms with Crippen molar-refractivity contribution in [1.82, 2.24) is 4.90 Å². The molecule has 34 heavy (non-hydrogen) atoms. The largest absolute Gasteiger partial charge is 0.371 e. The standard InChI is InChI=1S/C25H19F5N2O2/c1-2-13-32(15-17-11-7-4-8-12-17)18(14-16-9-5-3-6-10-16)31-34-25(33)19-20(26)22(28)24(30)23(29)21(19)27/h2-12H,1,13-15H2/b31-18-.